The summed E-state index contributed by atoms with van der Waals surface area (Å²) in [6.07, 6.45) is 3.60. The zero-order valence-electron chi connectivity index (χ0n) is 23.7. The number of piperidine rings is 1. The van der Waals surface area contributed by atoms with Gasteiger partial charge in [-0.05, 0) is 68.6 Å². The second-order valence-corrected chi connectivity index (χ2v) is 11.9. The van der Waals surface area contributed by atoms with Gasteiger partial charge in [0.2, 0.25) is 11.8 Å². The van der Waals surface area contributed by atoms with Crippen LogP contribution < -0.4 is 4.90 Å². The van der Waals surface area contributed by atoms with Crippen molar-refractivity contribution >= 4 is 23.4 Å². The van der Waals surface area contributed by atoms with E-state index >= 15 is 0 Å². The fraction of sp³-hybridized carbons (Fsp3) is 0.600. The van der Waals surface area contributed by atoms with Crippen LogP contribution in [0.5, 0.6) is 0 Å². The molecule has 2 aliphatic heterocycles. The van der Waals surface area contributed by atoms with Gasteiger partial charge in [-0.25, -0.2) is 0 Å². The fourth-order valence-corrected chi connectivity index (χ4v) is 6.85. The molecule has 2 aromatic rings. The van der Waals surface area contributed by atoms with Crippen LogP contribution in [0.15, 0.2) is 18.2 Å². The maximum atomic E-state index is 13.6. The van der Waals surface area contributed by atoms with Gasteiger partial charge in [0.15, 0.2) is 5.69 Å². The minimum atomic E-state index is -0.0175. The van der Waals surface area contributed by atoms with Crippen molar-refractivity contribution in [3.05, 3.63) is 46.3 Å². The minimum absolute atomic E-state index is 0.0175. The SMILES string of the molecule is CC(=O)N(C)C1CCN(C(=O)c2nn(CC(=O)N3CCN(c4cccc(C)c4C)CC3)c3c2[C@@H]2C[C@@H]2C3)CC1. The maximum absolute atomic E-state index is 13.6. The summed E-state index contributed by atoms with van der Waals surface area (Å²) in [4.78, 5) is 46.8. The number of benzene rings is 1. The molecule has 0 bridgehead atoms. The lowest BCUT2D eigenvalue weighted by molar-refractivity contribution is -0.132. The highest BCUT2D eigenvalue weighted by atomic mass is 16.2. The van der Waals surface area contributed by atoms with Crippen LogP contribution in [0.2, 0.25) is 0 Å². The standard InChI is InChI=1S/C30H40N6O3/c1-19-6-5-7-25(20(19)2)33-12-14-34(15-13-33)27(38)18-36-26-17-22-16-24(22)28(26)29(31-36)30(39)35-10-8-23(9-11-35)32(4)21(3)37/h5-7,22-24H,8-18H2,1-4H3/t22-,24-/m1/s1. The van der Waals surface area contributed by atoms with E-state index in [-0.39, 0.29) is 30.3 Å². The summed E-state index contributed by atoms with van der Waals surface area (Å²) in [6, 6.07) is 6.58. The number of aromatic nitrogens is 2. The van der Waals surface area contributed by atoms with Gasteiger partial charge in [0.1, 0.15) is 6.54 Å². The smallest absolute Gasteiger partial charge is 0.274 e. The van der Waals surface area contributed by atoms with Crippen molar-refractivity contribution in [1.29, 1.82) is 0 Å². The number of hydrogen-bond donors (Lipinski definition) is 0. The van der Waals surface area contributed by atoms with Crippen molar-refractivity contribution in [2.45, 2.75) is 65.0 Å². The van der Waals surface area contributed by atoms with Gasteiger partial charge in [0.25, 0.3) is 5.91 Å². The minimum Gasteiger partial charge on any atom is -0.368 e. The largest absolute Gasteiger partial charge is 0.368 e. The Labute approximate surface area is 230 Å². The number of amides is 3. The Morgan fingerprint density at radius 2 is 1.72 bits per heavy atom. The predicted molar refractivity (Wildman–Crippen MR) is 149 cm³/mol. The lowest BCUT2D eigenvalue weighted by Gasteiger charge is -2.37. The second-order valence-electron chi connectivity index (χ2n) is 11.9. The molecule has 39 heavy (non-hydrogen) atoms. The van der Waals surface area contributed by atoms with Crippen LogP contribution in [-0.4, -0.2) is 94.6 Å². The Morgan fingerprint density at radius 3 is 2.41 bits per heavy atom. The van der Waals surface area contributed by atoms with Crippen LogP contribution in [0.3, 0.4) is 0 Å². The van der Waals surface area contributed by atoms with Gasteiger partial charge in [-0.3, -0.25) is 19.1 Å². The Kier molecular flexibility index (Phi) is 6.63. The first-order valence-electron chi connectivity index (χ1n) is 14.4. The van der Waals surface area contributed by atoms with Crippen LogP contribution in [-0.2, 0) is 22.6 Å². The average molecular weight is 533 g/mol. The number of aryl methyl sites for hydroxylation is 1. The first-order valence-corrected chi connectivity index (χ1v) is 14.4. The molecule has 3 amide bonds. The highest BCUT2D eigenvalue weighted by Gasteiger charge is 2.50. The van der Waals surface area contributed by atoms with Crippen molar-refractivity contribution in [3.8, 4) is 0 Å². The van der Waals surface area contributed by atoms with E-state index in [1.54, 1.807) is 11.8 Å². The summed E-state index contributed by atoms with van der Waals surface area (Å²) < 4.78 is 1.84. The molecule has 0 spiro atoms. The average Bonchev–Trinajstić information content (AvgIpc) is 3.47. The monoisotopic (exact) mass is 532 g/mol. The van der Waals surface area contributed by atoms with Crippen molar-refractivity contribution < 1.29 is 14.4 Å². The number of hydrogen-bond acceptors (Lipinski definition) is 5. The van der Waals surface area contributed by atoms with E-state index in [1.165, 1.54) is 16.8 Å². The van der Waals surface area contributed by atoms with E-state index in [0.717, 1.165) is 50.0 Å². The molecular weight excluding hydrogens is 492 g/mol. The quantitative estimate of drug-likeness (QED) is 0.591. The molecular formula is C30H40N6O3. The van der Waals surface area contributed by atoms with Crippen molar-refractivity contribution in [2.24, 2.45) is 5.92 Å². The molecule has 0 radical (unpaired) electrons. The van der Waals surface area contributed by atoms with E-state index in [2.05, 4.69) is 36.9 Å². The molecule has 6 rings (SSSR count). The molecule has 2 atom stereocenters. The van der Waals surface area contributed by atoms with E-state index in [0.29, 0.717) is 43.7 Å². The van der Waals surface area contributed by atoms with Crippen LogP contribution in [0.4, 0.5) is 5.69 Å². The van der Waals surface area contributed by atoms with Crippen molar-refractivity contribution in [2.75, 3.05) is 51.2 Å². The molecule has 3 fully saturated rings. The van der Waals surface area contributed by atoms with Gasteiger partial charge in [-0.2, -0.15) is 5.10 Å². The van der Waals surface area contributed by atoms with Crippen LogP contribution in [0, 0.1) is 19.8 Å². The van der Waals surface area contributed by atoms with Crippen molar-refractivity contribution in [3.63, 3.8) is 0 Å². The van der Waals surface area contributed by atoms with Crippen LogP contribution in [0.1, 0.15) is 65.0 Å². The topological polar surface area (TPSA) is 82.0 Å². The zero-order chi connectivity index (χ0) is 27.4. The summed E-state index contributed by atoms with van der Waals surface area (Å²) in [5.74, 6) is 1.14. The molecule has 1 aromatic carbocycles. The first-order chi connectivity index (χ1) is 18.7. The number of nitrogens with zero attached hydrogens (tertiary/aromatic N) is 6. The van der Waals surface area contributed by atoms with Gasteiger partial charge in [-0.15, -0.1) is 0 Å². The highest BCUT2D eigenvalue weighted by Crippen LogP contribution is 2.57. The summed E-state index contributed by atoms with van der Waals surface area (Å²) in [5, 5.41) is 4.79. The van der Waals surface area contributed by atoms with Gasteiger partial charge in [0.05, 0.1) is 0 Å². The fourth-order valence-electron chi connectivity index (χ4n) is 6.85. The zero-order valence-corrected chi connectivity index (χ0v) is 23.7. The van der Waals surface area contributed by atoms with E-state index in [9.17, 15) is 14.4 Å². The predicted octanol–water partition coefficient (Wildman–Crippen LogP) is 2.59. The van der Waals surface area contributed by atoms with Gasteiger partial charge in [0, 0.05) is 76.2 Å². The molecule has 0 N–H and O–H groups in total. The lowest BCUT2D eigenvalue weighted by atomic mass is 10.0. The number of fused-ring (bicyclic) bond motifs is 3. The van der Waals surface area contributed by atoms with Gasteiger partial charge in [-0.1, -0.05) is 12.1 Å². The lowest BCUT2D eigenvalue weighted by Crippen LogP contribution is -2.50. The summed E-state index contributed by atoms with van der Waals surface area (Å²) in [5.41, 5.74) is 6.59. The third kappa shape index (κ3) is 4.70. The molecule has 208 valence electrons. The number of piperazine rings is 1. The molecule has 4 aliphatic rings. The van der Waals surface area contributed by atoms with E-state index in [1.807, 2.05) is 21.5 Å². The van der Waals surface area contributed by atoms with Crippen molar-refractivity contribution in [1.82, 2.24) is 24.5 Å². The van der Waals surface area contributed by atoms with Gasteiger partial charge < -0.3 is 19.6 Å². The third-order valence-corrected chi connectivity index (χ3v) is 9.68. The number of likely N-dealkylation sites (tertiary alicyclic amines) is 1. The second kappa shape index (κ2) is 9.99. The first kappa shape index (κ1) is 25.9. The van der Waals surface area contributed by atoms with Gasteiger partial charge >= 0.3 is 0 Å². The number of carbonyl (C=O) groups is 3. The van der Waals surface area contributed by atoms with Crippen LogP contribution in [0.25, 0.3) is 0 Å². The van der Waals surface area contributed by atoms with E-state index < -0.39 is 0 Å². The normalized spacial score (nSPS) is 22.5. The Balaban J connectivity index is 1.12. The number of anilines is 1. The Morgan fingerprint density at radius 1 is 1.00 bits per heavy atom. The van der Waals surface area contributed by atoms with Crippen LogP contribution >= 0.6 is 0 Å². The Hall–Kier alpha value is -3.36. The summed E-state index contributed by atoms with van der Waals surface area (Å²) in [7, 11) is 1.84. The third-order valence-electron chi connectivity index (χ3n) is 9.68. The van der Waals surface area contributed by atoms with E-state index in [4.69, 9.17) is 5.10 Å². The summed E-state index contributed by atoms with van der Waals surface area (Å²) in [6.45, 7) is 10.4. The highest BCUT2D eigenvalue weighted by molar-refractivity contribution is 5.95. The molecule has 3 heterocycles. The number of carbonyl (C=O) groups excluding carboxylic acids is 3. The molecule has 2 aliphatic carbocycles. The molecule has 1 saturated carbocycles. The summed E-state index contributed by atoms with van der Waals surface area (Å²) >= 11 is 0. The molecule has 0 unspecified atom stereocenters. The molecule has 1 aromatic heterocycles. The molecule has 2 saturated heterocycles. The Bertz CT molecular complexity index is 1300. The molecule has 9 heteroatoms. The maximum Gasteiger partial charge on any atom is 0.274 e. The molecule has 9 nitrogen and oxygen atoms in total. The number of rotatable bonds is 5.